The number of carbonyl (C=O) groups is 1. The zero-order valence-corrected chi connectivity index (χ0v) is 18.0. The minimum Gasteiger partial charge on any atom is -0.494 e. The molecule has 0 saturated heterocycles. The van der Waals surface area contributed by atoms with Crippen LogP contribution >= 0.6 is 34.5 Å². The van der Waals surface area contributed by atoms with Crippen LogP contribution in [0.25, 0.3) is 22.0 Å². The van der Waals surface area contributed by atoms with Crippen LogP contribution in [0.5, 0.6) is 5.88 Å². The molecule has 7 heteroatoms. The number of fused-ring (bicyclic) bond motifs is 1. The van der Waals surface area contributed by atoms with E-state index in [1.54, 1.807) is 18.2 Å². The first-order chi connectivity index (χ1) is 14.4. The SMILES string of the molecule is O=C(c1ccc(Cl)s1)c1c(O)[nH]c2cc(Cl)c(-c3ccc(C4(CO)CC4)cc3)cc12. The Labute approximate surface area is 186 Å². The molecule has 152 valence electrons. The van der Waals surface area contributed by atoms with E-state index in [0.29, 0.717) is 25.1 Å². The van der Waals surface area contributed by atoms with Gasteiger partial charge in [-0.3, -0.25) is 4.79 Å². The molecule has 2 aromatic heterocycles. The average Bonchev–Trinajstić information content (AvgIpc) is 3.32. The second-order valence-electron chi connectivity index (χ2n) is 7.67. The van der Waals surface area contributed by atoms with Gasteiger partial charge in [0.15, 0.2) is 0 Å². The highest BCUT2D eigenvalue weighted by atomic mass is 35.5. The third-order valence-corrected chi connectivity index (χ3v) is 7.40. The number of benzene rings is 2. The predicted molar refractivity (Wildman–Crippen MR) is 121 cm³/mol. The first-order valence-electron chi connectivity index (χ1n) is 9.48. The Morgan fingerprint density at radius 1 is 1.10 bits per heavy atom. The lowest BCUT2D eigenvalue weighted by Gasteiger charge is -2.13. The van der Waals surface area contributed by atoms with Gasteiger partial charge in [-0.25, -0.2) is 0 Å². The van der Waals surface area contributed by atoms with Crippen molar-refractivity contribution in [1.82, 2.24) is 4.98 Å². The minimum atomic E-state index is -0.294. The number of aromatic nitrogens is 1. The molecule has 2 heterocycles. The molecule has 0 spiro atoms. The number of thiophene rings is 1. The number of aromatic hydroxyl groups is 1. The molecule has 5 rings (SSSR count). The van der Waals surface area contributed by atoms with Gasteiger partial charge in [0.05, 0.1) is 31.9 Å². The molecule has 0 radical (unpaired) electrons. The van der Waals surface area contributed by atoms with Crippen molar-refractivity contribution in [3.05, 3.63) is 73.9 Å². The molecule has 1 fully saturated rings. The molecule has 4 nitrogen and oxygen atoms in total. The van der Waals surface area contributed by atoms with Gasteiger partial charge in [0.1, 0.15) is 0 Å². The van der Waals surface area contributed by atoms with Gasteiger partial charge in [-0.05, 0) is 48.2 Å². The fourth-order valence-electron chi connectivity index (χ4n) is 3.90. The molecule has 2 aromatic carbocycles. The molecular weight excluding hydrogens is 441 g/mol. The summed E-state index contributed by atoms with van der Waals surface area (Å²) in [5.41, 5.74) is 3.48. The van der Waals surface area contributed by atoms with Crippen LogP contribution in [0, 0.1) is 0 Å². The quantitative estimate of drug-likeness (QED) is 0.314. The lowest BCUT2D eigenvalue weighted by Crippen LogP contribution is -2.11. The molecule has 1 saturated carbocycles. The average molecular weight is 458 g/mol. The normalized spacial score (nSPS) is 14.9. The summed E-state index contributed by atoms with van der Waals surface area (Å²) in [6.07, 6.45) is 1.99. The molecule has 1 aliphatic rings. The molecule has 0 atom stereocenters. The van der Waals surface area contributed by atoms with Gasteiger partial charge in [0.2, 0.25) is 11.7 Å². The van der Waals surface area contributed by atoms with Crippen LogP contribution < -0.4 is 0 Å². The summed E-state index contributed by atoms with van der Waals surface area (Å²) in [4.78, 5) is 16.3. The number of halogens is 2. The van der Waals surface area contributed by atoms with E-state index in [4.69, 9.17) is 23.2 Å². The van der Waals surface area contributed by atoms with Gasteiger partial charge in [-0.1, -0.05) is 47.5 Å². The second-order valence-corrected chi connectivity index (χ2v) is 9.80. The van der Waals surface area contributed by atoms with Crippen molar-refractivity contribution in [2.75, 3.05) is 6.61 Å². The van der Waals surface area contributed by atoms with Gasteiger partial charge < -0.3 is 15.2 Å². The highest BCUT2D eigenvalue weighted by Crippen LogP contribution is 2.48. The van der Waals surface area contributed by atoms with E-state index >= 15 is 0 Å². The number of nitrogens with one attached hydrogen (secondary N) is 1. The topological polar surface area (TPSA) is 73.3 Å². The molecule has 0 aliphatic heterocycles. The molecule has 0 unspecified atom stereocenters. The minimum absolute atomic E-state index is 0.0969. The number of carbonyl (C=O) groups excluding carboxylic acids is 1. The van der Waals surface area contributed by atoms with Gasteiger partial charge in [-0.2, -0.15) is 0 Å². The van der Waals surface area contributed by atoms with Crippen LogP contribution in [-0.2, 0) is 5.41 Å². The summed E-state index contributed by atoms with van der Waals surface area (Å²) < 4.78 is 0.512. The maximum absolute atomic E-state index is 13.0. The second kappa shape index (κ2) is 7.13. The van der Waals surface area contributed by atoms with Crippen molar-refractivity contribution >= 4 is 51.2 Å². The van der Waals surface area contributed by atoms with E-state index in [9.17, 15) is 15.0 Å². The van der Waals surface area contributed by atoms with Crippen molar-refractivity contribution < 1.29 is 15.0 Å². The highest BCUT2D eigenvalue weighted by Gasteiger charge is 2.43. The smallest absolute Gasteiger partial charge is 0.209 e. The molecule has 30 heavy (non-hydrogen) atoms. The van der Waals surface area contributed by atoms with Crippen molar-refractivity contribution in [2.24, 2.45) is 0 Å². The monoisotopic (exact) mass is 457 g/mol. The van der Waals surface area contributed by atoms with E-state index in [1.165, 1.54) is 11.3 Å². The molecular formula is C23H17Cl2NO3S. The zero-order chi connectivity index (χ0) is 21.0. The summed E-state index contributed by atoms with van der Waals surface area (Å²) in [5, 5.41) is 21.2. The van der Waals surface area contributed by atoms with Crippen LogP contribution in [-0.4, -0.2) is 27.6 Å². The van der Waals surface area contributed by atoms with Crippen LogP contribution in [0.3, 0.4) is 0 Å². The summed E-state index contributed by atoms with van der Waals surface area (Å²) in [6, 6.07) is 14.8. The number of aliphatic hydroxyl groups is 1. The predicted octanol–water partition coefficient (Wildman–Crippen LogP) is 6.16. The van der Waals surface area contributed by atoms with E-state index < -0.39 is 0 Å². The number of aliphatic hydroxyl groups excluding tert-OH is 1. The number of rotatable bonds is 5. The van der Waals surface area contributed by atoms with Crippen molar-refractivity contribution in [2.45, 2.75) is 18.3 Å². The number of hydrogen-bond acceptors (Lipinski definition) is 4. The first-order valence-corrected chi connectivity index (χ1v) is 11.1. The number of aromatic amines is 1. The lowest BCUT2D eigenvalue weighted by molar-refractivity contribution is 0.104. The van der Waals surface area contributed by atoms with Crippen molar-refractivity contribution in [1.29, 1.82) is 0 Å². The summed E-state index contributed by atoms with van der Waals surface area (Å²) in [6.45, 7) is 0.153. The summed E-state index contributed by atoms with van der Waals surface area (Å²) in [5.74, 6) is -0.486. The van der Waals surface area contributed by atoms with Gasteiger partial charge in [0.25, 0.3) is 0 Å². The van der Waals surface area contributed by atoms with E-state index in [1.807, 2.05) is 30.3 Å². The third-order valence-electron chi connectivity index (χ3n) is 5.85. The van der Waals surface area contributed by atoms with Crippen molar-refractivity contribution in [3.63, 3.8) is 0 Å². The summed E-state index contributed by atoms with van der Waals surface area (Å²) in [7, 11) is 0. The Balaban J connectivity index is 1.60. The molecule has 4 aromatic rings. The Bertz CT molecular complexity index is 1290. The Kier molecular flexibility index (Phi) is 4.67. The Morgan fingerprint density at radius 3 is 2.43 bits per heavy atom. The maximum Gasteiger partial charge on any atom is 0.209 e. The molecule has 3 N–H and O–H groups in total. The van der Waals surface area contributed by atoms with E-state index in [-0.39, 0.29) is 29.2 Å². The fourth-order valence-corrected chi connectivity index (χ4v) is 5.17. The third kappa shape index (κ3) is 3.13. The van der Waals surface area contributed by atoms with Gasteiger partial charge >= 0.3 is 0 Å². The number of H-pyrrole nitrogens is 1. The number of hydrogen-bond donors (Lipinski definition) is 3. The summed E-state index contributed by atoms with van der Waals surface area (Å²) >= 11 is 13.7. The van der Waals surface area contributed by atoms with Crippen LogP contribution in [0.1, 0.15) is 33.6 Å². The van der Waals surface area contributed by atoms with Crippen molar-refractivity contribution in [3.8, 4) is 17.0 Å². The zero-order valence-electron chi connectivity index (χ0n) is 15.7. The molecule has 0 bridgehead atoms. The maximum atomic E-state index is 13.0. The molecule has 0 amide bonds. The first kappa shape index (κ1) is 19.6. The van der Waals surface area contributed by atoms with Gasteiger partial charge in [0, 0.05) is 16.4 Å². The Morgan fingerprint density at radius 2 is 1.83 bits per heavy atom. The number of ketones is 1. The largest absolute Gasteiger partial charge is 0.494 e. The van der Waals surface area contributed by atoms with E-state index in [2.05, 4.69) is 4.98 Å². The highest BCUT2D eigenvalue weighted by molar-refractivity contribution is 7.18. The fraction of sp³-hybridized carbons (Fsp3) is 0.174. The molecule has 1 aliphatic carbocycles. The van der Waals surface area contributed by atoms with E-state index in [0.717, 1.165) is 29.5 Å². The van der Waals surface area contributed by atoms with Gasteiger partial charge in [-0.15, -0.1) is 11.3 Å². The van der Waals surface area contributed by atoms with Crippen LogP contribution in [0.15, 0.2) is 48.5 Å². The Hall–Kier alpha value is -2.31. The van der Waals surface area contributed by atoms with Crippen LogP contribution in [0.2, 0.25) is 9.36 Å². The lowest BCUT2D eigenvalue weighted by atomic mass is 9.94. The standard InChI is InChI=1S/C23H17Cl2NO3S/c24-16-10-17-15(20(22(29)26-17)21(28)18-5-6-19(25)30-18)9-14(16)12-1-3-13(4-2-12)23(11-27)7-8-23/h1-6,9-10,26-27,29H,7-8,11H2. The van der Waals surface area contributed by atoms with Crippen LogP contribution in [0.4, 0.5) is 0 Å².